The molecule has 0 atom stereocenters. The molecule has 1 aromatic heterocycles. The lowest BCUT2D eigenvalue weighted by Gasteiger charge is -2.18. The molecule has 0 unspecified atom stereocenters. The Kier molecular flexibility index (Phi) is 5.38. The number of aromatic nitrogens is 1. The van der Waals surface area contributed by atoms with Crippen molar-refractivity contribution in [2.45, 2.75) is 13.8 Å². The molecule has 0 saturated carbocycles. The molecular weight excluding hydrogens is 351 g/mol. The van der Waals surface area contributed by atoms with Crippen molar-refractivity contribution in [3.05, 3.63) is 71.0 Å². The largest absolute Gasteiger partial charge is 0.278 e. The molecule has 0 radical (unpaired) electrons. The van der Waals surface area contributed by atoms with Gasteiger partial charge in [-0.3, -0.25) is 15.1 Å². The molecule has 0 spiro atoms. The summed E-state index contributed by atoms with van der Waals surface area (Å²) in [5, 5.41) is 6.29. The zero-order valence-corrected chi connectivity index (χ0v) is 15.1. The van der Waals surface area contributed by atoms with Gasteiger partial charge in [0, 0.05) is 12.3 Å². The van der Waals surface area contributed by atoms with E-state index >= 15 is 0 Å². The highest BCUT2D eigenvalue weighted by atomic mass is 32.1. The van der Waals surface area contributed by atoms with Crippen LogP contribution in [0.3, 0.4) is 0 Å². The standard InChI is InChI=1S/C19H17FN4OS/c1-13-7-9-15(10-8-13)23-21-11-16-12-26-19(22-16)24(14(2)25)18-6-4-3-5-17(18)20/h3-12,23H,1-2H3/b21-11-. The van der Waals surface area contributed by atoms with Crippen LogP contribution < -0.4 is 10.3 Å². The van der Waals surface area contributed by atoms with Crippen molar-refractivity contribution < 1.29 is 9.18 Å². The molecule has 0 aliphatic rings. The summed E-state index contributed by atoms with van der Waals surface area (Å²) < 4.78 is 14.1. The quantitative estimate of drug-likeness (QED) is 0.524. The van der Waals surface area contributed by atoms with Gasteiger partial charge in [-0.2, -0.15) is 5.10 Å². The van der Waals surface area contributed by atoms with Crippen LogP contribution in [-0.4, -0.2) is 17.1 Å². The summed E-state index contributed by atoms with van der Waals surface area (Å²) in [4.78, 5) is 17.6. The number of nitrogens with one attached hydrogen (secondary N) is 1. The second-order valence-corrected chi connectivity index (χ2v) is 6.43. The summed E-state index contributed by atoms with van der Waals surface area (Å²) in [6.07, 6.45) is 1.56. The van der Waals surface area contributed by atoms with Crippen LogP contribution in [0.15, 0.2) is 59.0 Å². The number of hydrogen-bond acceptors (Lipinski definition) is 5. The fourth-order valence-corrected chi connectivity index (χ4v) is 3.11. The summed E-state index contributed by atoms with van der Waals surface area (Å²) in [5.74, 6) is -0.792. The Morgan fingerprint density at radius 1 is 1.23 bits per heavy atom. The van der Waals surface area contributed by atoms with Crippen LogP contribution in [-0.2, 0) is 4.79 Å². The summed E-state index contributed by atoms with van der Waals surface area (Å²) in [6.45, 7) is 3.39. The molecule has 26 heavy (non-hydrogen) atoms. The highest BCUT2D eigenvalue weighted by Crippen LogP contribution is 2.30. The van der Waals surface area contributed by atoms with Crippen LogP contribution in [0.4, 0.5) is 20.9 Å². The molecule has 0 bridgehead atoms. The Labute approximate surface area is 154 Å². The van der Waals surface area contributed by atoms with E-state index in [1.54, 1.807) is 29.8 Å². The molecule has 1 amide bonds. The van der Waals surface area contributed by atoms with Gasteiger partial charge in [0.05, 0.1) is 23.3 Å². The first-order valence-corrected chi connectivity index (χ1v) is 8.79. The minimum absolute atomic E-state index is 0.176. The van der Waals surface area contributed by atoms with Crippen LogP contribution in [0, 0.1) is 12.7 Å². The number of halogens is 1. The van der Waals surface area contributed by atoms with Gasteiger partial charge in [-0.05, 0) is 31.2 Å². The molecule has 2 aromatic carbocycles. The number of carbonyl (C=O) groups excluding carboxylic acids is 1. The SMILES string of the molecule is CC(=O)N(c1nc(/C=N\Nc2ccc(C)cc2)cs1)c1ccccc1F. The van der Waals surface area contributed by atoms with Gasteiger partial charge in [-0.15, -0.1) is 11.3 Å². The highest BCUT2D eigenvalue weighted by Gasteiger charge is 2.20. The maximum Gasteiger partial charge on any atom is 0.230 e. The predicted octanol–water partition coefficient (Wildman–Crippen LogP) is 4.72. The molecule has 1 N–H and O–H groups in total. The molecule has 7 heteroatoms. The molecule has 0 aliphatic carbocycles. The van der Waals surface area contributed by atoms with Crippen molar-refractivity contribution in [2.75, 3.05) is 10.3 Å². The minimum atomic E-state index is -0.478. The van der Waals surface area contributed by atoms with E-state index in [0.29, 0.717) is 10.8 Å². The van der Waals surface area contributed by atoms with E-state index in [4.69, 9.17) is 0 Å². The third kappa shape index (κ3) is 4.12. The van der Waals surface area contributed by atoms with Gasteiger partial charge in [-0.25, -0.2) is 9.37 Å². The summed E-state index contributed by atoms with van der Waals surface area (Å²) >= 11 is 1.25. The summed E-state index contributed by atoms with van der Waals surface area (Å²) in [6, 6.07) is 13.9. The van der Waals surface area contributed by atoms with E-state index in [2.05, 4.69) is 15.5 Å². The van der Waals surface area contributed by atoms with Gasteiger partial charge >= 0.3 is 0 Å². The number of amides is 1. The topological polar surface area (TPSA) is 57.6 Å². The zero-order chi connectivity index (χ0) is 18.5. The van der Waals surface area contributed by atoms with Gasteiger partial charge in [0.1, 0.15) is 5.82 Å². The molecular formula is C19H17FN4OS. The lowest BCUT2D eigenvalue weighted by Crippen LogP contribution is -2.23. The zero-order valence-electron chi connectivity index (χ0n) is 14.3. The Morgan fingerprint density at radius 2 is 1.96 bits per heavy atom. The van der Waals surface area contributed by atoms with Crippen LogP contribution in [0.1, 0.15) is 18.2 Å². The third-order valence-corrected chi connectivity index (χ3v) is 4.40. The van der Waals surface area contributed by atoms with Crippen molar-refractivity contribution in [1.82, 2.24) is 4.98 Å². The lowest BCUT2D eigenvalue weighted by molar-refractivity contribution is -0.115. The number of para-hydroxylation sites is 1. The van der Waals surface area contributed by atoms with Gasteiger partial charge < -0.3 is 0 Å². The second kappa shape index (κ2) is 7.88. The number of aryl methyl sites for hydroxylation is 1. The second-order valence-electron chi connectivity index (χ2n) is 5.60. The summed E-state index contributed by atoms with van der Waals surface area (Å²) in [7, 11) is 0. The molecule has 0 aliphatic heterocycles. The van der Waals surface area contributed by atoms with Crippen LogP contribution in [0.25, 0.3) is 0 Å². The first kappa shape index (κ1) is 17.8. The molecule has 1 heterocycles. The first-order chi connectivity index (χ1) is 12.5. The van der Waals surface area contributed by atoms with E-state index in [-0.39, 0.29) is 11.6 Å². The Balaban J connectivity index is 1.77. The fraction of sp³-hybridized carbons (Fsp3) is 0.105. The molecule has 0 saturated heterocycles. The summed E-state index contributed by atoms with van der Waals surface area (Å²) in [5.41, 5.74) is 5.70. The van der Waals surface area contributed by atoms with Gasteiger partial charge in [0.2, 0.25) is 5.91 Å². The van der Waals surface area contributed by atoms with Gasteiger partial charge in [0.25, 0.3) is 0 Å². The highest BCUT2D eigenvalue weighted by molar-refractivity contribution is 7.14. The van der Waals surface area contributed by atoms with Crippen molar-refractivity contribution in [3.63, 3.8) is 0 Å². The maximum absolute atomic E-state index is 14.1. The third-order valence-electron chi connectivity index (χ3n) is 3.55. The number of hydrogen-bond donors (Lipinski definition) is 1. The number of rotatable bonds is 5. The Bertz CT molecular complexity index is 937. The minimum Gasteiger partial charge on any atom is -0.278 e. The van der Waals surface area contributed by atoms with Crippen LogP contribution in [0.5, 0.6) is 0 Å². The number of hydrazone groups is 1. The average molecular weight is 368 g/mol. The average Bonchev–Trinajstić information content (AvgIpc) is 3.07. The number of thiazole rings is 1. The number of nitrogens with zero attached hydrogens (tertiary/aromatic N) is 3. The molecule has 3 aromatic rings. The van der Waals surface area contributed by atoms with Crippen molar-refractivity contribution >= 4 is 40.0 Å². The number of carbonyl (C=O) groups is 1. The molecule has 5 nitrogen and oxygen atoms in total. The number of anilines is 3. The Morgan fingerprint density at radius 3 is 2.65 bits per heavy atom. The lowest BCUT2D eigenvalue weighted by atomic mass is 10.2. The number of benzene rings is 2. The molecule has 132 valence electrons. The van der Waals surface area contributed by atoms with Crippen LogP contribution in [0.2, 0.25) is 0 Å². The van der Waals surface area contributed by atoms with E-state index in [1.807, 2.05) is 31.2 Å². The van der Waals surface area contributed by atoms with Crippen molar-refractivity contribution in [3.8, 4) is 0 Å². The first-order valence-electron chi connectivity index (χ1n) is 7.91. The van der Waals surface area contributed by atoms with E-state index < -0.39 is 5.82 Å². The Hall–Kier alpha value is -3.06. The fourth-order valence-electron chi connectivity index (χ4n) is 2.28. The van der Waals surface area contributed by atoms with Gasteiger partial charge in [-0.1, -0.05) is 29.8 Å². The van der Waals surface area contributed by atoms with E-state index in [1.165, 1.54) is 34.8 Å². The van der Waals surface area contributed by atoms with Gasteiger partial charge in [0.15, 0.2) is 5.13 Å². The van der Waals surface area contributed by atoms with E-state index in [0.717, 1.165) is 5.69 Å². The molecule has 3 rings (SSSR count). The van der Waals surface area contributed by atoms with Crippen LogP contribution >= 0.6 is 11.3 Å². The smallest absolute Gasteiger partial charge is 0.230 e. The van der Waals surface area contributed by atoms with E-state index in [9.17, 15) is 9.18 Å². The predicted molar refractivity (Wildman–Crippen MR) is 104 cm³/mol. The normalized spacial score (nSPS) is 10.9. The van der Waals surface area contributed by atoms with Crippen molar-refractivity contribution in [2.24, 2.45) is 5.10 Å². The molecule has 0 fully saturated rings. The van der Waals surface area contributed by atoms with Crippen molar-refractivity contribution in [1.29, 1.82) is 0 Å². The maximum atomic E-state index is 14.1. The monoisotopic (exact) mass is 368 g/mol.